The van der Waals surface area contributed by atoms with Crippen molar-refractivity contribution in [3.05, 3.63) is 76.2 Å². The van der Waals surface area contributed by atoms with E-state index >= 15 is 0 Å². The molecule has 0 spiro atoms. The van der Waals surface area contributed by atoms with E-state index in [-0.39, 0.29) is 5.56 Å². The smallest absolute Gasteiger partial charge is 0.262 e. The van der Waals surface area contributed by atoms with Gasteiger partial charge in [0.15, 0.2) is 5.65 Å². The fourth-order valence-electron chi connectivity index (χ4n) is 2.80. The molecule has 4 rings (SSSR count). The minimum absolute atomic E-state index is 0.268. The van der Waals surface area contributed by atoms with Crippen molar-refractivity contribution in [2.45, 2.75) is 0 Å². The lowest BCUT2D eigenvalue weighted by molar-refractivity contribution is 0.415. The number of methoxy groups -OCH3 is 1. The van der Waals surface area contributed by atoms with Crippen molar-refractivity contribution in [2.24, 2.45) is 0 Å². The first-order valence-corrected chi connectivity index (χ1v) is 8.58. The number of benzene rings is 2. The lowest BCUT2D eigenvalue weighted by atomic mass is 10.0. The number of hydrogen-bond acceptors (Lipinski definition) is 5. The first-order chi connectivity index (χ1) is 13.1. The first-order valence-electron chi connectivity index (χ1n) is 8.20. The maximum absolute atomic E-state index is 12.7. The van der Waals surface area contributed by atoms with Crippen LogP contribution in [0.2, 0.25) is 5.02 Å². The van der Waals surface area contributed by atoms with Gasteiger partial charge in [-0.15, -0.1) is 0 Å². The number of nitrogens with zero attached hydrogens (tertiary/aromatic N) is 2. The molecule has 0 saturated heterocycles. The predicted octanol–water partition coefficient (Wildman–Crippen LogP) is 4.39. The molecule has 0 fully saturated rings. The Balaban J connectivity index is 1.77. The van der Waals surface area contributed by atoms with Crippen LogP contribution in [0.15, 0.2) is 65.6 Å². The molecular formula is C20H15ClN4O2. The highest BCUT2D eigenvalue weighted by molar-refractivity contribution is 6.30. The molecule has 2 aromatic carbocycles. The van der Waals surface area contributed by atoms with Gasteiger partial charge in [0.1, 0.15) is 5.75 Å². The lowest BCUT2D eigenvalue weighted by Crippen LogP contribution is -2.13. The van der Waals surface area contributed by atoms with Crippen LogP contribution in [0, 0.1) is 0 Å². The molecule has 0 bridgehead atoms. The third-order valence-electron chi connectivity index (χ3n) is 4.12. The fraction of sp³-hybridized carbons (Fsp3) is 0.0500. The van der Waals surface area contributed by atoms with Crippen molar-refractivity contribution < 1.29 is 4.74 Å². The van der Waals surface area contributed by atoms with Crippen LogP contribution in [-0.2, 0) is 0 Å². The Bertz CT molecular complexity index is 1160. The van der Waals surface area contributed by atoms with Crippen LogP contribution in [0.4, 0.5) is 11.6 Å². The van der Waals surface area contributed by atoms with Gasteiger partial charge in [-0.25, -0.2) is 4.98 Å². The molecule has 6 nitrogen and oxygen atoms in total. The van der Waals surface area contributed by atoms with E-state index in [1.54, 1.807) is 43.6 Å². The number of rotatable bonds is 4. The van der Waals surface area contributed by atoms with Crippen molar-refractivity contribution in [3.8, 4) is 16.9 Å². The highest BCUT2D eigenvalue weighted by Crippen LogP contribution is 2.27. The number of anilines is 2. The molecule has 0 aliphatic heterocycles. The second kappa shape index (κ2) is 7.09. The number of H-pyrrole nitrogens is 1. The van der Waals surface area contributed by atoms with E-state index in [1.165, 1.54) is 0 Å². The molecule has 0 aliphatic rings. The Morgan fingerprint density at radius 1 is 1.04 bits per heavy atom. The molecule has 0 atom stereocenters. The monoisotopic (exact) mass is 378 g/mol. The summed E-state index contributed by atoms with van der Waals surface area (Å²) >= 11 is 5.89. The van der Waals surface area contributed by atoms with Crippen molar-refractivity contribution in [2.75, 3.05) is 12.4 Å². The molecule has 2 N–H and O–H groups in total. The molecule has 2 aromatic heterocycles. The second-order valence-corrected chi connectivity index (χ2v) is 6.27. The van der Waals surface area contributed by atoms with Crippen LogP contribution in [0.1, 0.15) is 0 Å². The van der Waals surface area contributed by atoms with Gasteiger partial charge in [0, 0.05) is 16.9 Å². The quantitative estimate of drug-likeness (QED) is 0.550. The van der Waals surface area contributed by atoms with Crippen LogP contribution < -0.4 is 15.6 Å². The second-order valence-electron chi connectivity index (χ2n) is 5.83. The van der Waals surface area contributed by atoms with Crippen LogP contribution >= 0.6 is 11.6 Å². The van der Waals surface area contributed by atoms with E-state index in [2.05, 4.69) is 20.3 Å². The average molecular weight is 379 g/mol. The summed E-state index contributed by atoms with van der Waals surface area (Å²) in [7, 11) is 1.61. The molecule has 0 aliphatic carbocycles. The maximum Gasteiger partial charge on any atom is 0.262 e. The maximum atomic E-state index is 12.7. The zero-order valence-corrected chi connectivity index (χ0v) is 15.1. The molecule has 0 saturated carbocycles. The van der Waals surface area contributed by atoms with E-state index in [0.29, 0.717) is 22.0 Å². The van der Waals surface area contributed by atoms with Crippen molar-refractivity contribution in [1.82, 2.24) is 15.0 Å². The number of nitrogens with one attached hydrogen (secondary N) is 2. The van der Waals surface area contributed by atoms with Crippen LogP contribution in [-0.4, -0.2) is 22.1 Å². The molecule has 0 radical (unpaired) electrons. The topological polar surface area (TPSA) is 79.9 Å². The number of aromatic amines is 1. The third kappa shape index (κ3) is 3.47. The van der Waals surface area contributed by atoms with Crippen molar-refractivity contribution in [3.63, 3.8) is 0 Å². The Labute approximate surface area is 159 Å². The summed E-state index contributed by atoms with van der Waals surface area (Å²) in [6, 6.07) is 16.4. The van der Waals surface area contributed by atoms with Crippen LogP contribution in [0.25, 0.3) is 22.2 Å². The van der Waals surface area contributed by atoms with E-state index in [9.17, 15) is 4.79 Å². The van der Waals surface area contributed by atoms with Gasteiger partial charge in [0.05, 0.1) is 12.5 Å². The number of ether oxygens (including phenoxy) is 1. The Kier molecular flexibility index (Phi) is 4.48. The summed E-state index contributed by atoms with van der Waals surface area (Å²) in [6.07, 6.45) is 1.64. The van der Waals surface area contributed by atoms with Gasteiger partial charge in [0.25, 0.3) is 5.56 Å². The summed E-state index contributed by atoms with van der Waals surface area (Å²) in [5.41, 5.74) is 2.50. The van der Waals surface area contributed by atoms with Gasteiger partial charge < -0.3 is 10.1 Å². The SMILES string of the molecule is COc1ccc(-c2ccnc3nc(Nc4ccc(Cl)cc4)[nH]c(=O)c23)cc1. The van der Waals surface area contributed by atoms with Gasteiger partial charge in [-0.05, 0) is 53.6 Å². The van der Waals surface area contributed by atoms with Crippen molar-refractivity contribution in [1.29, 1.82) is 0 Å². The van der Waals surface area contributed by atoms with Crippen LogP contribution in [0.5, 0.6) is 5.75 Å². The molecule has 134 valence electrons. The molecular weight excluding hydrogens is 364 g/mol. The third-order valence-corrected chi connectivity index (χ3v) is 4.37. The summed E-state index contributed by atoms with van der Waals surface area (Å²) in [4.78, 5) is 24.2. The van der Waals surface area contributed by atoms with E-state index in [0.717, 1.165) is 22.6 Å². The number of pyridine rings is 1. The summed E-state index contributed by atoms with van der Waals surface area (Å²) < 4.78 is 5.19. The minimum Gasteiger partial charge on any atom is -0.497 e. The van der Waals surface area contributed by atoms with Crippen molar-refractivity contribution >= 4 is 34.3 Å². The largest absolute Gasteiger partial charge is 0.497 e. The normalized spacial score (nSPS) is 10.7. The Morgan fingerprint density at radius 2 is 1.78 bits per heavy atom. The lowest BCUT2D eigenvalue weighted by Gasteiger charge is -2.09. The van der Waals surface area contributed by atoms with Gasteiger partial charge >= 0.3 is 0 Å². The summed E-state index contributed by atoms with van der Waals surface area (Å²) in [5, 5.41) is 4.12. The van der Waals surface area contributed by atoms with Crippen LogP contribution in [0.3, 0.4) is 0 Å². The van der Waals surface area contributed by atoms with E-state index < -0.39 is 0 Å². The fourth-order valence-corrected chi connectivity index (χ4v) is 2.93. The number of fused-ring (bicyclic) bond motifs is 1. The summed E-state index contributed by atoms with van der Waals surface area (Å²) in [6.45, 7) is 0. The highest BCUT2D eigenvalue weighted by Gasteiger charge is 2.12. The molecule has 0 amide bonds. The highest BCUT2D eigenvalue weighted by atomic mass is 35.5. The number of hydrogen-bond donors (Lipinski definition) is 2. The molecule has 27 heavy (non-hydrogen) atoms. The first kappa shape index (κ1) is 17.1. The van der Waals surface area contributed by atoms with Gasteiger partial charge in [0.2, 0.25) is 5.95 Å². The molecule has 0 unspecified atom stereocenters. The minimum atomic E-state index is -0.268. The zero-order chi connectivity index (χ0) is 18.8. The van der Waals surface area contributed by atoms with Gasteiger partial charge in [-0.3, -0.25) is 9.78 Å². The molecule has 4 aromatic rings. The van der Waals surface area contributed by atoms with Gasteiger partial charge in [-0.2, -0.15) is 4.98 Å². The molecule has 7 heteroatoms. The predicted molar refractivity (Wildman–Crippen MR) is 107 cm³/mol. The average Bonchev–Trinajstić information content (AvgIpc) is 2.69. The number of aromatic nitrogens is 3. The zero-order valence-electron chi connectivity index (χ0n) is 14.4. The standard InChI is InChI=1S/C20H15ClN4O2/c1-27-15-8-2-12(3-9-15)16-10-11-22-18-17(16)19(26)25-20(24-18)23-14-6-4-13(21)5-7-14/h2-11H,1H3,(H2,22,23,24,25,26). The van der Waals surface area contributed by atoms with Gasteiger partial charge in [-0.1, -0.05) is 23.7 Å². The Hall–Kier alpha value is -3.38. The summed E-state index contributed by atoms with van der Waals surface area (Å²) in [5.74, 6) is 1.06. The van der Waals surface area contributed by atoms with E-state index in [4.69, 9.17) is 16.3 Å². The molecule has 2 heterocycles. The Morgan fingerprint density at radius 3 is 2.48 bits per heavy atom. The number of halogens is 1. The van der Waals surface area contributed by atoms with E-state index in [1.807, 2.05) is 24.3 Å².